The number of aliphatic imine (C=N–C) groups is 1. The van der Waals surface area contributed by atoms with Gasteiger partial charge in [0, 0.05) is 11.6 Å². The lowest BCUT2D eigenvalue weighted by molar-refractivity contribution is 0.825. The van der Waals surface area contributed by atoms with E-state index < -0.39 is 0 Å². The molecular weight excluding hydrogens is 210 g/mol. The van der Waals surface area contributed by atoms with E-state index in [9.17, 15) is 0 Å². The number of guanidine groups is 1. The number of nitrogens with one attached hydrogen (secondary N) is 1. The van der Waals surface area contributed by atoms with Gasteiger partial charge in [0.2, 0.25) is 0 Å². The van der Waals surface area contributed by atoms with Crippen LogP contribution in [0.25, 0.3) is 0 Å². The number of benzene rings is 1. The summed E-state index contributed by atoms with van der Waals surface area (Å²) in [5.74, 6) is 0.492. The summed E-state index contributed by atoms with van der Waals surface area (Å²) >= 11 is 5.77. The van der Waals surface area contributed by atoms with Gasteiger partial charge in [0.05, 0.1) is 6.54 Å². The number of hydrogen-bond acceptors (Lipinski definition) is 1. The van der Waals surface area contributed by atoms with Gasteiger partial charge in [-0.25, -0.2) is 4.99 Å². The quantitative estimate of drug-likeness (QED) is 0.610. The molecule has 0 unspecified atom stereocenters. The molecule has 0 aliphatic carbocycles. The van der Waals surface area contributed by atoms with Crippen LogP contribution in [-0.4, -0.2) is 12.5 Å². The lowest BCUT2D eigenvalue weighted by Gasteiger charge is -2.03. The molecule has 3 nitrogen and oxygen atoms in total. The van der Waals surface area contributed by atoms with Crippen LogP contribution in [0.1, 0.15) is 18.9 Å². The van der Waals surface area contributed by atoms with Crippen LogP contribution in [-0.2, 0) is 6.54 Å². The molecule has 15 heavy (non-hydrogen) atoms. The van der Waals surface area contributed by atoms with E-state index in [2.05, 4.69) is 17.2 Å². The first-order chi connectivity index (χ1) is 7.22. The normalized spacial score (nSPS) is 11.5. The second-order valence-electron chi connectivity index (χ2n) is 3.25. The summed E-state index contributed by atoms with van der Waals surface area (Å²) in [5, 5.41) is 3.75. The average Bonchev–Trinajstić information content (AvgIpc) is 2.25. The maximum Gasteiger partial charge on any atom is 0.188 e. The Kier molecular flexibility index (Phi) is 4.98. The number of nitrogens with zero attached hydrogens (tertiary/aromatic N) is 1. The Morgan fingerprint density at radius 1 is 1.40 bits per heavy atom. The predicted octanol–water partition coefficient (Wildman–Crippen LogP) is 2.15. The van der Waals surface area contributed by atoms with Crippen molar-refractivity contribution in [3.63, 3.8) is 0 Å². The second-order valence-corrected chi connectivity index (χ2v) is 3.69. The van der Waals surface area contributed by atoms with Gasteiger partial charge in [-0.2, -0.15) is 0 Å². The highest BCUT2D eigenvalue weighted by Crippen LogP contribution is 2.09. The Labute approximate surface area is 95.3 Å². The van der Waals surface area contributed by atoms with Gasteiger partial charge in [-0.15, -0.1) is 0 Å². The van der Waals surface area contributed by atoms with Gasteiger partial charge >= 0.3 is 0 Å². The molecule has 0 saturated heterocycles. The first-order valence-electron chi connectivity index (χ1n) is 5.00. The lowest BCUT2D eigenvalue weighted by atomic mass is 10.2. The molecule has 1 rings (SSSR count). The first-order valence-corrected chi connectivity index (χ1v) is 5.38. The van der Waals surface area contributed by atoms with Crippen molar-refractivity contribution in [1.29, 1.82) is 0 Å². The largest absolute Gasteiger partial charge is 0.370 e. The molecule has 1 aromatic carbocycles. The van der Waals surface area contributed by atoms with Crippen molar-refractivity contribution in [3.8, 4) is 0 Å². The average molecular weight is 226 g/mol. The van der Waals surface area contributed by atoms with E-state index >= 15 is 0 Å². The smallest absolute Gasteiger partial charge is 0.188 e. The Morgan fingerprint density at radius 3 is 2.67 bits per heavy atom. The maximum absolute atomic E-state index is 5.77. The van der Waals surface area contributed by atoms with Crippen LogP contribution in [0.15, 0.2) is 29.3 Å². The van der Waals surface area contributed by atoms with Gasteiger partial charge in [-0.05, 0) is 24.1 Å². The summed E-state index contributed by atoms with van der Waals surface area (Å²) in [6.45, 7) is 3.52. The first kappa shape index (κ1) is 11.9. The monoisotopic (exact) mass is 225 g/mol. The Morgan fingerprint density at radius 2 is 2.07 bits per heavy atom. The summed E-state index contributed by atoms with van der Waals surface area (Å²) in [6, 6.07) is 7.59. The molecule has 3 N–H and O–H groups in total. The summed E-state index contributed by atoms with van der Waals surface area (Å²) < 4.78 is 0. The van der Waals surface area contributed by atoms with Crippen LogP contribution in [0.4, 0.5) is 0 Å². The molecule has 0 atom stereocenters. The fourth-order valence-corrected chi connectivity index (χ4v) is 1.20. The third-order valence-corrected chi connectivity index (χ3v) is 2.15. The molecule has 0 heterocycles. The molecule has 0 spiro atoms. The Balaban J connectivity index is 2.45. The van der Waals surface area contributed by atoms with E-state index in [0.717, 1.165) is 23.6 Å². The van der Waals surface area contributed by atoms with Gasteiger partial charge < -0.3 is 11.1 Å². The minimum absolute atomic E-state index is 0.492. The number of nitrogens with two attached hydrogens (primary N) is 1. The third kappa shape index (κ3) is 4.70. The summed E-state index contributed by atoms with van der Waals surface area (Å²) in [7, 11) is 0. The van der Waals surface area contributed by atoms with Crippen molar-refractivity contribution in [3.05, 3.63) is 34.9 Å². The van der Waals surface area contributed by atoms with Crippen LogP contribution >= 0.6 is 11.6 Å². The molecule has 4 heteroatoms. The van der Waals surface area contributed by atoms with Gasteiger partial charge in [0.1, 0.15) is 0 Å². The van der Waals surface area contributed by atoms with Crippen LogP contribution in [0.3, 0.4) is 0 Å². The molecule has 1 aromatic rings. The second kappa shape index (κ2) is 6.30. The molecule has 0 bridgehead atoms. The molecule has 82 valence electrons. The van der Waals surface area contributed by atoms with Crippen LogP contribution in [0, 0.1) is 0 Å². The number of hydrogen-bond donors (Lipinski definition) is 2. The van der Waals surface area contributed by atoms with E-state index in [-0.39, 0.29) is 0 Å². The molecule has 0 aliphatic heterocycles. The van der Waals surface area contributed by atoms with Crippen molar-refractivity contribution in [2.75, 3.05) is 6.54 Å². The highest BCUT2D eigenvalue weighted by Gasteiger charge is 1.93. The topological polar surface area (TPSA) is 50.4 Å². The van der Waals surface area contributed by atoms with E-state index in [1.54, 1.807) is 0 Å². The van der Waals surface area contributed by atoms with Crippen LogP contribution < -0.4 is 11.1 Å². The van der Waals surface area contributed by atoms with Crippen molar-refractivity contribution in [1.82, 2.24) is 5.32 Å². The maximum atomic E-state index is 5.77. The number of rotatable bonds is 4. The minimum atomic E-state index is 0.492. The SMILES string of the molecule is CCCNC(N)=NCc1ccc(Cl)cc1. The zero-order valence-electron chi connectivity index (χ0n) is 8.83. The lowest BCUT2D eigenvalue weighted by Crippen LogP contribution is -2.32. The van der Waals surface area contributed by atoms with E-state index in [1.807, 2.05) is 24.3 Å². The molecular formula is C11H16ClN3. The highest BCUT2D eigenvalue weighted by molar-refractivity contribution is 6.30. The molecule has 0 aliphatic rings. The fraction of sp³-hybridized carbons (Fsp3) is 0.364. The summed E-state index contributed by atoms with van der Waals surface area (Å²) in [5.41, 5.74) is 6.75. The van der Waals surface area contributed by atoms with E-state index in [0.29, 0.717) is 12.5 Å². The molecule has 0 amide bonds. The Hall–Kier alpha value is -1.22. The molecule has 0 radical (unpaired) electrons. The summed E-state index contributed by atoms with van der Waals surface area (Å²) in [6.07, 6.45) is 1.04. The van der Waals surface area contributed by atoms with Gasteiger partial charge in [0.25, 0.3) is 0 Å². The zero-order chi connectivity index (χ0) is 11.1. The van der Waals surface area contributed by atoms with Crippen LogP contribution in [0.5, 0.6) is 0 Å². The van der Waals surface area contributed by atoms with Crippen molar-refractivity contribution >= 4 is 17.6 Å². The molecule has 0 saturated carbocycles. The van der Waals surface area contributed by atoms with Crippen LogP contribution in [0.2, 0.25) is 5.02 Å². The zero-order valence-corrected chi connectivity index (χ0v) is 9.59. The van der Waals surface area contributed by atoms with E-state index in [1.165, 1.54) is 0 Å². The van der Waals surface area contributed by atoms with Crippen molar-refractivity contribution in [2.45, 2.75) is 19.9 Å². The minimum Gasteiger partial charge on any atom is -0.370 e. The van der Waals surface area contributed by atoms with Gasteiger partial charge in [-0.1, -0.05) is 30.7 Å². The number of halogens is 1. The molecule has 0 fully saturated rings. The predicted molar refractivity (Wildman–Crippen MR) is 65.1 cm³/mol. The fourth-order valence-electron chi connectivity index (χ4n) is 1.08. The van der Waals surface area contributed by atoms with Crippen molar-refractivity contribution in [2.24, 2.45) is 10.7 Å². The summed E-state index contributed by atoms with van der Waals surface area (Å²) in [4.78, 5) is 4.20. The highest BCUT2D eigenvalue weighted by atomic mass is 35.5. The molecule has 0 aromatic heterocycles. The van der Waals surface area contributed by atoms with Gasteiger partial charge in [-0.3, -0.25) is 0 Å². The van der Waals surface area contributed by atoms with E-state index in [4.69, 9.17) is 17.3 Å². The standard InChI is InChI=1S/C11H16ClN3/c1-2-7-14-11(13)15-8-9-3-5-10(12)6-4-9/h3-6H,2,7-8H2,1H3,(H3,13,14,15). The van der Waals surface area contributed by atoms with Gasteiger partial charge in [0.15, 0.2) is 5.96 Å². The Bertz CT molecular complexity index is 319. The third-order valence-electron chi connectivity index (χ3n) is 1.90. The van der Waals surface area contributed by atoms with Crippen molar-refractivity contribution < 1.29 is 0 Å².